The van der Waals surface area contributed by atoms with E-state index in [9.17, 15) is 0 Å². The quantitative estimate of drug-likeness (QED) is 0.606. The van der Waals surface area contributed by atoms with Crippen LogP contribution in [0, 0.1) is 6.92 Å². The molecule has 0 fully saturated rings. The summed E-state index contributed by atoms with van der Waals surface area (Å²) in [4.78, 5) is 0. The van der Waals surface area contributed by atoms with Crippen molar-refractivity contribution in [3.05, 3.63) is 47.5 Å². The van der Waals surface area contributed by atoms with Gasteiger partial charge >= 0.3 is 0 Å². The molecule has 1 unspecified atom stereocenters. The Morgan fingerprint density at radius 1 is 1.38 bits per heavy atom. The Morgan fingerprint density at radius 2 is 2.00 bits per heavy atom. The molecule has 0 aliphatic rings. The highest BCUT2D eigenvalue weighted by Crippen LogP contribution is 2.24. The fourth-order valence-corrected chi connectivity index (χ4v) is 1.77. The molecule has 13 heavy (non-hydrogen) atoms. The van der Waals surface area contributed by atoms with E-state index in [2.05, 4.69) is 51.6 Å². The topological polar surface area (TPSA) is 0 Å². The van der Waals surface area contributed by atoms with Crippen LogP contribution in [-0.2, 0) is 0 Å². The molecule has 0 heterocycles. The fourth-order valence-electron chi connectivity index (χ4n) is 1.77. The summed E-state index contributed by atoms with van der Waals surface area (Å²) >= 11 is 0. The van der Waals surface area contributed by atoms with Gasteiger partial charge in [0.15, 0.2) is 0 Å². The van der Waals surface area contributed by atoms with Crippen molar-refractivity contribution in [2.45, 2.75) is 33.1 Å². The lowest BCUT2D eigenvalue weighted by Gasteiger charge is -2.14. The zero-order valence-electron chi connectivity index (χ0n) is 8.80. The van der Waals surface area contributed by atoms with E-state index in [1.807, 2.05) is 0 Å². The van der Waals surface area contributed by atoms with Crippen molar-refractivity contribution < 1.29 is 0 Å². The van der Waals surface area contributed by atoms with E-state index in [4.69, 9.17) is 0 Å². The van der Waals surface area contributed by atoms with Gasteiger partial charge in [-0.2, -0.15) is 0 Å². The molecule has 0 heteroatoms. The Labute approximate surface area is 81.3 Å². The van der Waals surface area contributed by atoms with Crippen LogP contribution >= 0.6 is 0 Å². The van der Waals surface area contributed by atoms with Gasteiger partial charge in [-0.3, -0.25) is 0 Å². The first kappa shape index (κ1) is 10.0. The minimum Gasteiger partial charge on any atom is -0.100 e. The van der Waals surface area contributed by atoms with Crippen LogP contribution in [0.1, 0.15) is 37.3 Å². The van der Waals surface area contributed by atoms with E-state index in [0.29, 0.717) is 5.92 Å². The van der Waals surface area contributed by atoms with E-state index in [1.54, 1.807) is 0 Å². The maximum atomic E-state index is 3.95. The second-order valence-electron chi connectivity index (χ2n) is 3.92. The number of hydrogen-bond donors (Lipinski definition) is 0. The van der Waals surface area contributed by atoms with Gasteiger partial charge in [-0.25, -0.2) is 0 Å². The fraction of sp³-hybridized carbons (Fsp3) is 0.385. The summed E-state index contributed by atoms with van der Waals surface area (Å²) in [7, 11) is 0. The van der Waals surface area contributed by atoms with Gasteiger partial charge in [0.2, 0.25) is 0 Å². The van der Waals surface area contributed by atoms with Crippen molar-refractivity contribution in [3.63, 3.8) is 0 Å². The third-order valence-electron chi connectivity index (χ3n) is 2.37. The SMILES string of the molecule is C=C(C)CC(C)c1ccccc1C. The van der Waals surface area contributed by atoms with Crippen LogP contribution in [0.3, 0.4) is 0 Å². The molecule has 0 radical (unpaired) electrons. The molecule has 70 valence electrons. The van der Waals surface area contributed by atoms with Crippen LogP contribution in [0.2, 0.25) is 0 Å². The Bertz CT molecular complexity index is 297. The van der Waals surface area contributed by atoms with Crippen molar-refractivity contribution in [1.29, 1.82) is 0 Å². The summed E-state index contributed by atoms with van der Waals surface area (Å²) in [6.07, 6.45) is 1.09. The monoisotopic (exact) mass is 174 g/mol. The number of aryl methyl sites for hydroxylation is 1. The lowest BCUT2D eigenvalue weighted by Crippen LogP contribution is -1.96. The van der Waals surface area contributed by atoms with Crippen molar-refractivity contribution in [2.24, 2.45) is 0 Å². The maximum absolute atomic E-state index is 3.95. The molecule has 1 aromatic rings. The highest BCUT2D eigenvalue weighted by Gasteiger charge is 2.06. The first-order chi connectivity index (χ1) is 6.11. The summed E-state index contributed by atoms with van der Waals surface area (Å²) in [5.74, 6) is 0.596. The second-order valence-corrected chi connectivity index (χ2v) is 3.92. The van der Waals surface area contributed by atoms with Gasteiger partial charge in [0, 0.05) is 0 Å². The largest absolute Gasteiger partial charge is 0.100 e. The molecular formula is C13H18. The molecule has 0 aliphatic heterocycles. The standard InChI is InChI=1S/C13H18/c1-10(2)9-12(4)13-8-6-5-7-11(13)3/h5-8,12H,1,9H2,2-4H3. The van der Waals surface area contributed by atoms with Gasteiger partial charge in [-0.15, -0.1) is 6.58 Å². The summed E-state index contributed by atoms with van der Waals surface area (Å²) < 4.78 is 0. The summed E-state index contributed by atoms with van der Waals surface area (Å²) in [6, 6.07) is 8.58. The van der Waals surface area contributed by atoms with Crippen LogP contribution in [0.4, 0.5) is 0 Å². The zero-order valence-corrected chi connectivity index (χ0v) is 8.80. The number of benzene rings is 1. The van der Waals surface area contributed by atoms with Gasteiger partial charge in [-0.05, 0) is 37.3 Å². The molecule has 0 spiro atoms. The van der Waals surface area contributed by atoms with Gasteiger partial charge < -0.3 is 0 Å². The number of allylic oxidation sites excluding steroid dienone is 1. The van der Waals surface area contributed by atoms with Crippen LogP contribution in [0.5, 0.6) is 0 Å². The van der Waals surface area contributed by atoms with Crippen molar-refractivity contribution in [1.82, 2.24) is 0 Å². The van der Waals surface area contributed by atoms with E-state index in [0.717, 1.165) is 6.42 Å². The molecule has 1 atom stereocenters. The van der Waals surface area contributed by atoms with E-state index in [1.165, 1.54) is 16.7 Å². The average Bonchev–Trinajstić information content (AvgIpc) is 2.03. The first-order valence-corrected chi connectivity index (χ1v) is 4.81. The van der Waals surface area contributed by atoms with Crippen LogP contribution in [0.25, 0.3) is 0 Å². The van der Waals surface area contributed by atoms with Crippen LogP contribution in [-0.4, -0.2) is 0 Å². The predicted octanol–water partition coefficient (Wildman–Crippen LogP) is 4.06. The van der Waals surface area contributed by atoms with Crippen LogP contribution < -0.4 is 0 Å². The Morgan fingerprint density at radius 3 is 2.54 bits per heavy atom. The molecule has 0 N–H and O–H groups in total. The number of hydrogen-bond acceptors (Lipinski definition) is 0. The minimum atomic E-state index is 0.596. The molecule has 0 amide bonds. The smallest absolute Gasteiger partial charge is 0.0151 e. The maximum Gasteiger partial charge on any atom is -0.0151 e. The highest BCUT2D eigenvalue weighted by atomic mass is 14.1. The molecule has 0 bridgehead atoms. The molecule has 0 aliphatic carbocycles. The lowest BCUT2D eigenvalue weighted by molar-refractivity contribution is 0.748. The van der Waals surface area contributed by atoms with Crippen molar-refractivity contribution in [3.8, 4) is 0 Å². The van der Waals surface area contributed by atoms with E-state index >= 15 is 0 Å². The molecular weight excluding hydrogens is 156 g/mol. The van der Waals surface area contributed by atoms with Crippen LogP contribution in [0.15, 0.2) is 36.4 Å². The Hall–Kier alpha value is -1.04. The Kier molecular flexibility index (Phi) is 3.30. The molecule has 0 saturated heterocycles. The van der Waals surface area contributed by atoms with E-state index in [-0.39, 0.29) is 0 Å². The Balaban J connectivity index is 2.82. The molecule has 0 saturated carbocycles. The average molecular weight is 174 g/mol. The zero-order chi connectivity index (χ0) is 9.84. The first-order valence-electron chi connectivity index (χ1n) is 4.81. The normalized spacial score (nSPS) is 12.5. The third kappa shape index (κ3) is 2.73. The molecule has 0 nitrogen and oxygen atoms in total. The lowest BCUT2D eigenvalue weighted by atomic mass is 9.92. The van der Waals surface area contributed by atoms with Gasteiger partial charge in [0.05, 0.1) is 0 Å². The summed E-state index contributed by atoms with van der Waals surface area (Å²) in [5.41, 5.74) is 4.09. The highest BCUT2D eigenvalue weighted by molar-refractivity contribution is 5.29. The third-order valence-corrected chi connectivity index (χ3v) is 2.37. The molecule has 0 aromatic heterocycles. The predicted molar refractivity (Wildman–Crippen MR) is 59.0 cm³/mol. The molecule has 1 aromatic carbocycles. The molecule has 1 rings (SSSR count). The van der Waals surface area contributed by atoms with Gasteiger partial charge in [0.1, 0.15) is 0 Å². The van der Waals surface area contributed by atoms with Crippen molar-refractivity contribution in [2.75, 3.05) is 0 Å². The van der Waals surface area contributed by atoms with Gasteiger partial charge in [-0.1, -0.05) is 36.8 Å². The van der Waals surface area contributed by atoms with E-state index < -0.39 is 0 Å². The number of rotatable bonds is 3. The summed E-state index contributed by atoms with van der Waals surface area (Å²) in [6.45, 7) is 10.5. The summed E-state index contributed by atoms with van der Waals surface area (Å²) in [5, 5.41) is 0. The van der Waals surface area contributed by atoms with Crippen molar-refractivity contribution >= 4 is 0 Å². The minimum absolute atomic E-state index is 0.596. The second kappa shape index (κ2) is 4.27. The van der Waals surface area contributed by atoms with Gasteiger partial charge in [0.25, 0.3) is 0 Å².